The molecular formula is C25H21FN2O5. The SMILES string of the molecule is CN1CCOc2ccc(/C(O)=C3/C(=O)C(=O)N(Cc4ccco4)C3c3ccc(F)cc3)cc21. The summed E-state index contributed by atoms with van der Waals surface area (Å²) in [5.41, 5.74) is 1.60. The first-order valence-corrected chi connectivity index (χ1v) is 10.5. The highest BCUT2D eigenvalue weighted by molar-refractivity contribution is 6.46. The largest absolute Gasteiger partial charge is 0.507 e. The molecule has 2 aliphatic rings. The molecule has 0 radical (unpaired) electrons. The van der Waals surface area contributed by atoms with E-state index in [-0.39, 0.29) is 17.9 Å². The lowest BCUT2D eigenvalue weighted by Gasteiger charge is -2.28. The number of likely N-dealkylation sites (tertiary alicyclic amines) is 1. The van der Waals surface area contributed by atoms with Crippen LogP contribution >= 0.6 is 0 Å². The minimum absolute atomic E-state index is 0.0250. The van der Waals surface area contributed by atoms with E-state index in [0.29, 0.717) is 35.8 Å². The fraction of sp³-hybridized carbons (Fsp3) is 0.200. The van der Waals surface area contributed by atoms with Crippen LogP contribution in [-0.2, 0) is 16.1 Å². The number of carbonyl (C=O) groups is 2. The van der Waals surface area contributed by atoms with Crippen LogP contribution in [-0.4, -0.2) is 41.9 Å². The van der Waals surface area contributed by atoms with Gasteiger partial charge in [0.25, 0.3) is 11.7 Å². The normalized spacial score (nSPS) is 19.5. The molecule has 2 aromatic carbocycles. The fourth-order valence-corrected chi connectivity index (χ4v) is 4.26. The third-order valence-corrected chi connectivity index (χ3v) is 5.96. The first-order chi connectivity index (χ1) is 15.9. The molecule has 168 valence electrons. The lowest BCUT2D eigenvalue weighted by molar-refractivity contribution is -0.140. The Morgan fingerprint density at radius 3 is 2.67 bits per heavy atom. The highest BCUT2D eigenvalue weighted by Gasteiger charge is 2.46. The summed E-state index contributed by atoms with van der Waals surface area (Å²) in [6.45, 7) is 1.26. The van der Waals surface area contributed by atoms with Crippen molar-refractivity contribution >= 4 is 23.1 Å². The first-order valence-electron chi connectivity index (χ1n) is 10.5. The number of rotatable bonds is 4. The number of amides is 1. The van der Waals surface area contributed by atoms with E-state index in [4.69, 9.17) is 9.15 Å². The Kier molecular flexibility index (Phi) is 5.12. The molecule has 0 aliphatic carbocycles. The number of ketones is 1. The van der Waals surface area contributed by atoms with Crippen molar-refractivity contribution in [2.24, 2.45) is 0 Å². The van der Waals surface area contributed by atoms with Gasteiger partial charge in [-0.05, 0) is 48.0 Å². The Hall–Kier alpha value is -4.07. The minimum atomic E-state index is -0.902. The summed E-state index contributed by atoms with van der Waals surface area (Å²) in [7, 11) is 1.91. The summed E-state index contributed by atoms with van der Waals surface area (Å²) in [5, 5.41) is 11.2. The lowest BCUT2D eigenvalue weighted by atomic mass is 9.95. The van der Waals surface area contributed by atoms with E-state index in [9.17, 15) is 19.1 Å². The molecule has 1 unspecified atom stereocenters. The van der Waals surface area contributed by atoms with Crippen LogP contribution < -0.4 is 9.64 Å². The molecule has 1 N–H and O–H groups in total. The molecule has 1 saturated heterocycles. The van der Waals surface area contributed by atoms with Crippen molar-refractivity contribution in [1.82, 2.24) is 4.90 Å². The topological polar surface area (TPSA) is 83.2 Å². The van der Waals surface area contributed by atoms with Crippen molar-refractivity contribution in [3.05, 3.63) is 89.1 Å². The maximum absolute atomic E-state index is 13.6. The highest BCUT2D eigenvalue weighted by atomic mass is 19.1. The Morgan fingerprint density at radius 1 is 1.15 bits per heavy atom. The quantitative estimate of drug-likeness (QED) is 0.371. The number of nitrogens with zero attached hydrogens (tertiary/aromatic N) is 2. The van der Waals surface area contributed by atoms with E-state index in [0.717, 1.165) is 5.69 Å². The summed E-state index contributed by atoms with van der Waals surface area (Å²) >= 11 is 0. The summed E-state index contributed by atoms with van der Waals surface area (Å²) in [5.74, 6) is -1.16. The number of hydrogen-bond donors (Lipinski definition) is 1. The minimum Gasteiger partial charge on any atom is -0.507 e. The van der Waals surface area contributed by atoms with Crippen LogP contribution in [0.3, 0.4) is 0 Å². The molecule has 0 spiro atoms. The van der Waals surface area contributed by atoms with Gasteiger partial charge in [0, 0.05) is 12.6 Å². The monoisotopic (exact) mass is 448 g/mol. The van der Waals surface area contributed by atoms with Crippen LogP contribution in [0.2, 0.25) is 0 Å². The van der Waals surface area contributed by atoms with Crippen LogP contribution in [0, 0.1) is 5.82 Å². The average Bonchev–Trinajstić information content (AvgIpc) is 3.42. The summed E-state index contributed by atoms with van der Waals surface area (Å²) < 4.78 is 24.6. The Labute approximate surface area is 189 Å². The van der Waals surface area contributed by atoms with E-state index in [1.54, 1.807) is 30.3 Å². The van der Waals surface area contributed by atoms with E-state index in [1.165, 1.54) is 35.4 Å². The van der Waals surface area contributed by atoms with E-state index >= 15 is 0 Å². The molecule has 1 aromatic heterocycles. The number of benzene rings is 2. The molecule has 3 heterocycles. The fourth-order valence-electron chi connectivity index (χ4n) is 4.26. The number of likely N-dealkylation sites (N-methyl/N-ethyl adjacent to an activating group) is 1. The second-order valence-corrected chi connectivity index (χ2v) is 8.01. The van der Waals surface area contributed by atoms with Crippen molar-refractivity contribution < 1.29 is 28.2 Å². The van der Waals surface area contributed by atoms with Gasteiger partial charge in [0.05, 0.1) is 36.7 Å². The maximum atomic E-state index is 13.6. The third kappa shape index (κ3) is 3.63. The average molecular weight is 448 g/mol. The van der Waals surface area contributed by atoms with Gasteiger partial charge in [0.2, 0.25) is 0 Å². The Bertz CT molecular complexity index is 1250. The Morgan fingerprint density at radius 2 is 1.94 bits per heavy atom. The molecule has 3 aromatic rings. The molecule has 0 bridgehead atoms. The lowest BCUT2D eigenvalue weighted by Crippen LogP contribution is -2.29. The van der Waals surface area contributed by atoms with E-state index in [2.05, 4.69) is 0 Å². The molecule has 1 fully saturated rings. The third-order valence-electron chi connectivity index (χ3n) is 5.96. The number of Topliss-reactive ketones (excluding diaryl/α,β-unsaturated/α-hetero) is 1. The van der Waals surface area contributed by atoms with E-state index in [1.807, 2.05) is 11.9 Å². The summed E-state index contributed by atoms with van der Waals surface area (Å²) in [4.78, 5) is 29.4. The van der Waals surface area contributed by atoms with Crippen LogP contribution in [0.5, 0.6) is 5.75 Å². The number of ether oxygens (including phenoxy) is 1. The zero-order valence-electron chi connectivity index (χ0n) is 17.8. The van der Waals surface area contributed by atoms with Crippen LogP contribution in [0.15, 0.2) is 70.9 Å². The summed E-state index contributed by atoms with van der Waals surface area (Å²) in [6, 6.07) is 13.1. The van der Waals surface area contributed by atoms with Gasteiger partial charge >= 0.3 is 0 Å². The number of anilines is 1. The zero-order valence-corrected chi connectivity index (χ0v) is 17.8. The van der Waals surface area contributed by atoms with Crippen molar-refractivity contribution in [3.63, 3.8) is 0 Å². The van der Waals surface area contributed by atoms with E-state index < -0.39 is 23.5 Å². The number of aliphatic hydroxyl groups excluding tert-OH is 1. The number of furan rings is 1. The van der Waals surface area contributed by atoms with Gasteiger partial charge in [-0.15, -0.1) is 0 Å². The molecule has 8 heteroatoms. The highest BCUT2D eigenvalue weighted by Crippen LogP contribution is 2.41. The number of carbonyl (C=O) groups excluding carboxylic acids is 2. The molecule has 2 aliphatic heterocycles. The standard InChI is InChI=1S/C25H21FN2O5/c1-27-10-12-33-20-9-6-16(13-19(20)27)23(29)21-22(15-4-7-17(26)8-5-15)28(25(31)24(21)30)14-18-3-2-11-32-18/h2-9,11,13,22,29H,10,12,14H2,1H3/b23-21-. The maximum Gasteiger partial charge on any atom is 0.296 e. The predicted octanol–water partition coefficient (Wildman–Crippen LogP) is 3.87. The van der Waals surface area contributed by atoms with Crippen molar-refractivity contribution in [2.45, 2.75) is 12.6 Å². The molecule has 1 amide bonds. The van der Waals surface area contributed by atoms with Gasteiger partial charge in [-0.1, -0.05) is 12.1 Å². The second-order valence-electron chi connectivity index (χ2n) is 8.01. The molecule has 0 saturated carbocycles. The van der Waals surface area contributed by atoms with Crippen LogP contribution in [0.25, 0.3) is 5.76 Å². The van der Waals surface area contributed by atoms with Crippen molar-refractivity contribution in [2.75, 3.05) is 25.1 Å². The van der Waals surface area contributed by atoms with Gasteiger partial charge in [0.1, 0.15) is 29.7 Å². The first kappa shape index (κ1) is 20.8. The second kappa shape index (κ2) is 8.12. The van der Waals surface area contributed by atoms with Gasteiger partial charge < -0.3 is 24.1 Å². The van der Waals surface area contributed by atoms with Gasteiger partial charge in [-0.2, -0.15) is 0 Å². The number of fused-ring (bicyclic) bond motifs is 1. The number of hydrogen-bond acceptors (Lipinski definition) is 6. The van der Waals surface area contributed by atoms with Crippen molar-refractivity contribution in [1.29, 1.82) is 0 Å². The van der Waals surface area contributed by atoms with Gasteiger partial charge in [-0.3, -0.25) is 9.59 Å². The number of halogens is 1. The van der Waals surface area contributed by atoms with Gasteiger partial charge in [0.15, 0.2) is 0 Å². The molecular weight excluding hydrogens is 427 g/mol. The predicted molar refractivity (Wildman–Crippen MR) is 118 cm³/mol. The Balaban J connectivity index is 1.64. The zero-order chi connectivity index (χ0) is 23.1. The smallest absolute Gasteiger partial charge is 0.296 e. The molecule has 1 atom stereocenters. The molecule has 5 rings (SSSR count). The van der Waals surface area contributed by atoms with Gasteiger partial charge in [-0.25, -0.2) is 4.39 Å². The van der Waals surface area contributed by atoms with Crippen LogP contribution in [0.1, 0.15) is 22.9 Å². The molecule has 33 heavy (non-hydrogen) atoms. The number of aliphatic hydroxyl groups is 1. The summed E-state index contributed by atoms with van der Waals surface area (Å²) in [6.07, 6.45) is 1.48. The molecule has 7 nitrogen and oxygen atoms in total. The van der Waals surface area contributed by atoms with Crippen molar-refractivity contribution in [3.8, 4) is 5.75 Å². The van der Waals surface area contributed by atoms with Crippen LogP contribution in [0.4, 0.5) is 10.1 Å².